The predicted molar refractivity (Wildman–Crippen MR) is 80.7 cm³/mol. The van der Waals surface area contributed by atoms with Crippen molar-refractivity contribution in [2.24, 2.45) is 11.7 Å². The number of rotatable bonds is 3. The third-order valence-corrected chi connectivity index (χ3v) is 6.40. The maximum atomic E-state index is 12.5. The highest BCUT2D eigenvalue weighted by molar-refractivity contribution is 7.86. The lowest BCUT2D eigenvalue weighted by molar-refractivity contribution is -0.137. The summed E-state index contributed by atoms with van der Waals surface area (Å²) in [4.78, 5) is 14.3. The van der Waals surface area contributed by atoms with Crippen molar-refractivity contribution in [2.75, 3.05) is 40.3 Å². The highest BCUT2D eigenvalue weighted by Crippen LogP contribution is 2.25. The zero-order valence-corrected chi connectivity index (χ0v) is 13.7. The van der Waals surface area contributed by atoms with Crippen LogP contribution in [0.3, 0.4) is 0 Å². The third kappa shape index (κ3) is 3.74. The molecule has 1 aliphatic heterocycles. The molecule has 2 fully saturated rings. The normalized spacial score (nSPS) is 28.9. The van der Waals surface area contributed by atoms with E-state index >= 15 is 0 Å². The first kappa shape index (κ1) is 16.7. The second-order valence-electron chi connectivity index (χ2n) is 6.13. The molecule has 7 nitrogen and oxygen atoms in total. The molecule has 1 saturated carbocycles. The van der Waals surface area contributed by atoms with E-state index in [1.807, 2.05) is 4.90 Å². The summed E-state index contributed by atoms with van der Waals surface area (Å²) in [5.74, 6) is 0.241. The number of amides is 1. The predicted octanol–water partition coefficient (Wildman–Crippen LogP) is -0.545. The lowest BCUT2D eigenvalue weighted by atomic mass is 9.85. The van der Waals surface area contributed by atoms with Gasteiger partial charge in [-0.2, -0.15) is 17.0 Å². The van der Waals surface area contributed by atoms with E-state index in [4.69, 9.17) is 5.73 Å². The Morgan fingerprint density at radius 3 is 2.05 bits per heavy atom. The Kier molecular flexibility index (Phi) is 5.24. The minimum absolute atomic E-state index is 0.0711. The molecule has 1 heterocycles. The van der Waals surface area contributed by atoms with Gasteiger partial charge in [-0.1, -0.05) is 0 Å². The van der Waals surface area contributed by atoms with Crippen molar-refractivity contribution < 1.29 is 13.2 Å². The number of carbonyl (C=O) groups excluding carboxylic acids is 1. The molecule has 0 spiro atoms. The van der Waals surface area contributed by atoms with Crippen LogP contribution in [0.15, 0.2) is 0 Å². The van der Waals surface area contributed by atoms with Crippen molar-refractivity contribution in [3.63, 3.8) is 0 Å². The molecular weight excluding hydrogens is 292 g/mol. The van der Waals surface area contributed by atoms with E-state index in [2.05, 4.69) is 0 Å². The van der Waals surface area contributed by atoms with Crippen LogP contribution in [0.25, 0.3) is 0 Å². The first-order valence-electron chi connectivity index (χ1n) is 7.54. The maximum Gasteiger partial charge on any atom is 0.281 e. The molecule has 0 radical (unpaired) electrons. The Hall–Kier alpha value is -0.700. The smallest absolute Gasteiger partial charge is 0.281 e. The molecule has 0 atom stereocenters. The Morgan fingerprint density at radius 2 is 1.57 bits per heavy atom. The van der Waals surface area contributed by atoms with Crippen molar-refractivity contribution in [2.45, 2.75) is 31.7 Å². The van der Waals surface area contributed by atoms with Crippen molar-refractivity contribution >= 4 is 16.1 Å². The summed E-state index contributed by atoms with van der Waals surface area (Å²) >= 11 is 0. The highest BCUT2D eigenvalue weighted by atomic mass is 32.2. The van der Waals surface area contributed by atoms with Crippen LogP contribution in [-0.2, 0) is 15.0 Å². The molecule has 2 rings (SSSR count). The van der Waals surface area contributed by atoms with Crippen molar-refractivity contribution in [3.05, 3.63) is 0 Å². The fraction of sp³-hybridized carbons (Fsp3) is 0.923. The van der Waals surface area contributed by atoms with Crippen LogP contribution < -0.4 is 5.73 Å². The largest absolute Gasteiger partial charge is 0.340 e. The lowest BCUT2D eigenvalue weighted by Gasteiger charge is -2.37. The van der Waals surface area contributed by atoms with Gasteiger partial charge in [0.1, 0.15) is 0 Å². The Bertz CT molecular complexity index is 464. The maximum absolute atomic E-state index is 12.5. The molecular formula is C13H26N4O3S. The molecule has 8 heteroatoms. The summed E-state index contributed by atoms with van der Waals surface area (Å²) in [6.07, 6.45) is 3.53. The van der Waals surface area contributed by atoms with Gasteiger partial charge in [-0.3, -0.25) is 4.79 Å². The van der Waals surface area contributed by atoms with Crippen LogP contribution in [-0.4, -0.2) is 74.2 Å². The summed E-state index contributed by atoms with van der Waals surface area (Å²) in [6.45, 7) is 1.71. The molecule has 1 saturated heterocycles. The van der Waals surface area contributed by atoms with Crippen LogP contribution in [0.2, 0.25) is 0 Å². The summed E-state index contributed by atoms with van der Waals surface area (Å²) < 4.78 is 26.7. The van der Waals surface area contributed by atoms with E-state index in [1.165, 1.54) is 22.7 Å². The van der Waals surface area contributed by atoms with Gasteiger partial charge in [0.2, 0.25) is 5.91 Å². The van der Waals surface area contributed by atoms with Crippen LogP contribution in [0, 0.1) is 5.92 Å². The molecule has 1 amide bonds. The van der Waals surface area contributed by atoms with Gasteiger partial charge in [0, 0.05) is 52.2 Å². The zero-order valence-electron chi connectivity index (χ0n) is 12.9. The van der Waals surface area contributed by atoms with E-state index in [0.29, 0.717) is 26.2 Å². The van der Waals surface area contributed by atoms with Crippen molar-refractivity contribution in [1.29, 1.82) is 0 Å². The molecule has 21 heavy (non-hydrogen) atoms. The van der Waals surface area contributed by atoms with Crippen LogP contribution in [0.1, 0.15) is 25.7 Å². The van der Waals surface area contributed by atoms with E-state index in [0.717, 1.165) is 25.7 Å². The molecule has 122 valence electrons. The molecule has 1 aliphatic carbocycles. The Balaban J connectivity index is 1.88. The molecule has 0 aromatic rings. The van der Waals surface area contributed by atoms with Crippen molar-refractivity contribution in [3.8, 4) is 0 Å². The summed E-state index contributed by atoms with van der Waals surface area (Å²) in [6, 6.07) is 0.233. The zero-order chi connectivity index (χ0) is 15.6. The second kappa shape index (κ2) is 6.60. The van der Waals surface area contributed by atoms with Crippen LogP contribution in [0.5, 0.6) is 0 Å². The van der Waals surface area contributed by atoms with E-state index in [1.54, 1.807) is 0 Å². The Morgan fingerprint density at radius 1 is 1.05 bits per heavy atom. The Labute approximate surface area is 127 Å². The van der Waals surface area contributed by atoms with Crippen molar-refractivity contribution in [1.82, 2.24) is 13.5 Å². The minimum atomic E-state index is -3.37. The number of nitrogens with zero attached hydrogens (tertiary/aromatic N) is 3. The first-order valence-corrected chi connectivity index (χ1v) is 8.94. The average Bonchev–Trinajstić information content (AvgIpc) is 2.47. The van der Waals surface area contributed by atoms with Gasteiger partial charge in [-0.05, 0) is 25.7 Å². The molecule has 2 aliphatic rings. The average molecular weight is 318 g/mol. The van der Waals surface area contributed by atoms with Gasteiger partial charge in [0.25, 0.3) is 10.2 Å². The van der Waals surface area contributed by atoms with Gasteiger partial charge >= 0.3 is 0 Å². The number of hydrogen-bond acceptors (Lipinski definition) is 4. The number of nitrogens with two attached hydrogens (primary N) is 1. The number of piperazine rings is 1. The fourth-order valence-electron chi connectivity index (χ4n) is 2.99. The molecule has 0 bridgehead atoms. The summed E-state index contributed by atoms with van der Waals surface area (Å²) in [7, 11) is -0.317. The fourth-order valence-corrected chi connectivity index (χ4v) is 4.08. The molecule has 2 N–H and O–H groups in total. The summed E-state index contributed by atoms with van der Waals surface area (Å²) in [5, 5.41) is 0. The summed E-state index contributed by atoms with van der Waals surface area (Å²) in [5.41, 5.74) is 5.87. The van der Waals surface area contributed by atoms with Gasteiger partial charge in [0.05, 0.1) is 0 Å². The van der Waals surface area contributed by atoms with Gasteiger partial charge in [-0.25, -0.2) is 0 Å². The van der Waals surface area contributed by atoms with E-state index in [9.17, 15) is 13.2 Å². The first-order chi connectivity index (χ1) is 9.82. The minimum Gasteiger partial charge on any atom is -0.340 e. The lowest BCUT2D eigenvalue weighted by Crippen LogP contribution is -2.54. The number of carbonyl (C=O) groups is 1. The third-order valence-electron chi connectivity index (χ3n) is 4.46. The highest BCUT2D eigenvalue weighted by Gasteiger charge is 2.33. The standard InChI is InChI=1S/C13H26N4O3S/c1-15(2)21(19,20)17-9-7-16(8-10-17)13(18)11-3-5-12(14)6-4-11/h11-12H,3-10,14H2,1-2H3. The van der Waals surface area contributed by atoms with Gasteiger partial charge in [0.15, 0.2) is 0 Å². The van der Waals surface area contributed by atoms with Gasteiger partial charge < -0.3 is 10.6 Å². The van der Waals surface area contributed by atoms with Crippen LogP contribution >= 0.6 is 0 Å². The topological polar surface area (TPSA) is 87.0 Å². The van der Waals surface area contributed by atoms with Crippen LogP contribution in [0.4, 0.5) is 0 Å². The molecule has 0 aromatic carbocycles. The van der Waals surface area contributed by atoms with E-state index < -0.39 is 10.2 Å². The van der Waals surface area contributed by atoms with E-state index in [-0.39, 0.29) is 17.9 Å². The molecule has 0 unspecified atom stereocenters. The molecule has 0 aromatic heterocycles. The SMILES string of the molecule is CN(C)S(=O)(=O)N1CCN(C(=O)C2CCC(N)CC2)CC1. The quantitative estimate of drug-likeness (QED) is 0.757. The van der Waals surface area contributed by atoms with Gasteiger partial charge in [-0.15, -0.1) is 0 Å². The number of hydrogen-bond donors (Lipinski definition) is 1. The monoisotopic (exact) mass is 318 g/mol. The second-order valence-corrected chi connectivity index (χ2v) is 8.27.